The number of thiophene rings is 1. The number of nitrogens with zero attached hydrogens (tertiary/aromatic N) is 1. The fraction of sp³-hybridized carbons (Fsp3) is 0.350. The van der Waals surface area contributed by atoms with Crippen molar-refractivity contribution >= 4 is 46.4 Å². The molecule has 1 saturated heterocycles. The summed E-state index contributed by atoms with van der Waals surface area (Å²) in [6, 6.07) is 7.94. The molecule has 1 fully saturated rings. The zero-order valence-electron chi connectivity index (χ0n) is 15.4. The number of anilines is 1. The number of hydrogen-bond acceptors (Lipinski definition) is 5. The molecule has 0 bridgehead atoms. The van der Waals surface area contributed by atoms with Gasteiger partial charge in [0.05, 0.1) is 16.1 Å². The first kappa shape index (κ1) is 20.4. The normalized spacial score (nSPS) is 16.5. The topological polar surface area (TPSA) is 75.7 Å². The van der Waals surface area contributed by atoms with Gasteiger partial charge in [0.25, 0.3) is 11.8 Å². The summed E-state index contributed by atoms with van der Waals surface area (Å²) in [4.78, 5) is 39.4. The van der Waals surface area contributed by atoms with E-state index in [4.69, 9.17) is 16.3 Å². The Bertz CT molecular complexity index is 869. The fourth-order valence-corrected chi connectivity index (χ4v) is 3.89. The highest BCUT2D eigenvalue weighted by Crippen LogP contribution is 2.24. The van der Waals surface area contributed by atoms with Crippen molar-refractivity contribution < 1.29 is 19.1 Å². The minimum atomic E-state index is -0.684. The number of benzene rings is 1. The van der Waals surface area contributed by atoms with Crippen LogP contribution in [-0.4, -0.2) is 42.4 Å². The molecule has 8 heteroatoms. The number of nitrogens with one attached hydrogen (secondary N) is 1. The quantitative estimate of drug-likeness (QED) is 0.740. The highest BCUT2D eigenvalue weighted by Gasteiger charge is 2.23. The SMILES string of the molecule is C[C@@H]1CCCN(C(=O)COC(=O)c2ccc(Cl)cc2NC(=O)c2cccs2)C1. The van der Waals surface area contributed by atoms with Crippen molar-refractivity contribution in [1.82, 2.24) is 4.90 Å². The molecule has 148 valence electrons. The largest absolute Gasteiger partial charge is 0.452 e. The van der Waals surface area contributed by atoms with Crippen LogP contribution >= 0.6 is 22.9 Å². The predicted octanol–water partition coefficient (Wildman–Crippen LogP) is 4.07. The van der Waals surface area contributed by atoms with E-state index in [1.165, 1.54) is 29.5 Å². The second-order valence-corrected chi connectivity index (χ2v) is 8.17. The molecule has 0 saturated carbocycles. The minimum Gasteiger partial charge on any atom is -0.452 e. The zero-order chi connectivity index (χ0) is 20.1. The van der Waals surface area contributed by atoms with Crippen LogP contribution in [0.1, 0.15) is 39.8 Å². The van der Waals surface area contributed by atoms with Gasteiger partial charge in [0.1, 0.15) is 0 Å². The van der Waals surface area contributed by atoms with Gasteiger partial charge >= 0.3 is 5.97 Å². The van der Waals surface area contributed by atoms with E-state index in [0.29, 0.717) is 28.9 Å². The second kappa shape index (κ2) is 9.21. The Labute approximate surface area is 172 Å². The molecule has 1 atom stereocenters. The molecule has 1 N–H and O–H groups in total. The first-order valence-corrected chi connectivity index (χ1v) is 10.3. The van der Waals surface area contributed by atoms with Crippen molar-refractivity contribution in [3.63, 3.8) is 0 Å². The Balaban J connectivity index is 1.66. The van der Waals surface area contributed by atoms with E-state index in [0.717, 1.165) is 12.8 Å². The number of amides is 2. The lowest BCUT2D eigenvalue weighted by molar-refractivity contribution is -0.136. The van der Waals surface area contributed by atoms with Gasteiger partial charge in [-0.15, -0.1) is 11.3 Å². The lowest BCUT2D eigenvalue weighted by atomic mass is 10.0. The number of carbonyl (C=O) groups excluding carboxylic acids is 3. The van der Waals surface area contributed by atoms with Gasteiger partial charge in [0.15, 0.2) is 6.61 Å². The molecular weight excluding hydrogens is 400 g/mol. The Morgan fingerprint density at radius 3 is 2.86 bits per heavy atom. The lowest BCUT2D eigenvalue weighted by Crippen LogP contribution is -2.41. The first-order chi connectivity index (χ1) is 13.4. The van der Waals surface area contributed by atoms with E-state index in [1.807, 2.05) is 0 Å². The van der Waals surface area contributed by atoms with Crippen LogP contribution in [0.3, 0.4) is 0 Å². The zero-order valence-corrected chi connectivity index (χ0v) is 17.0. The van der Waals surface area contributed by atoms with E-state index in [9.17, 15) is 14.4 Å². The number of piperidine rings is 1. The number of rotatable bonds is 5. The monoisotopic (exact) mass is 420 g/mol. The summed E-state index contributed by atoms with van der Waals surface area (Å²) >= 11 is 7.30. The summed E-state index contributed by atoms with van der Waals surface area (Å²) in [6.45, 7) is 3.14. The molecule has 0 radical (unpaired) electrons. The Kier molecular flexibility index (Phi) is 6.70. The summed E-state index contributed by atoms with van der Waals surface area (Å²) in [5.41, 5.74) is 0.393. The average Bonchev–Trinajstić information content (AvgIpc) is 3.21. The van der Waals surface area contributed by atoms with Gasteiger partial charge < -0.3 is 15.0 Å². The van der Waals surface area contributed by atoms with Gasteiger partial charge in [-0.2, -0.15) is 0 Å². The molecular formula is C20H21ClN2O4S. The van der Waals surface area contributed by atoms with Gasteiger partial charge in [0, 0.05) is 18.1 Å². The molecule has 3 rings (SSSR count). The van der Waals surface area contributed by atoms with Gasteiger partial charge in [-0.3, -0.25) is 9.59 Å². The number of carbonyl (C=O) groups is 3. The van der Waals surface area contributed by atoms with E-state index in [1.54, 1.807) is 22.4 Å². The highest BCUT2D eigenvalue weighted by atomic mass is 35.5. The van der Waals surface area contributed by atoms with Crippen LogP contribution in [0.4, 0.5) is 5.69 Å². The van der Waals surface area contributed by atoms with E-state index in [2.05, 4.69) is 12.2 Å². The van der Waals surface area contributed by atoms with Crippen molar-refractivity contribution in [2.24, 2.45) is 5.92 Å². The molecule has 1 aliphatic heterocycles. The van der Waals surface area contributed by atoms with Gasteiger partial charge in [-0.05, 0) is 48.4 Å². The van der Waals surface area contributed by atoms with E-state index < -0.39 is 5.97 Å². The van der Waals surface area contributed by atoms with Crippen molar-refractivity contribution in [2.75, 3.05) is 25.0 Å². The molecule has 28 heavy (non-hydrogen) atoms. The number of esters is 1. The van der Waals surface area contributed by atoms with E-state index >= 15 is 0 Å². The first-order valence-electron chi connectivity index (χ1n) is 9.03. The van der Waals surface area contributed by atoms with Crippen LogP contribution in [-0.2, 0) is 9.53 Å². The third-order valence-electron chi connectivity index (χ3n) is 4.53. The number of halogens is 1. The van der Waals surface area contributed by atoms with Crippen LogP contribution in [0.25, 0.3) is 0 Å². The maximum Gasteiger partial charge on any atom is 0.340 e. The standard InChI is InChI=1S/C20H21ClN2O4S/c1-13-4-2-8-23(11-13)18(24)12-27-20(26)15-7-6-14(21)10-16(15)22-19(25)17-5-3-9-28-17/h3,5-7,9-10,13H,2,4,8,11-12H2,1H3,(H,22,25)/t13-/m1/s1. The Morgan fingerprint density at radius 2 is 2.14 bits per heavy atom. The molecule has 1 aliphatic rings. The third kappa shape index (κ3) is 5.11. The minimum absolute atomic E-state index is 0.147. The van der Waals surface area contributed by atoms with Crippen LogP contribution in [0.5, 0.6) is 0 Å². The molecule has 1 aromatic heterocycles. The molecule has 2 aromatic rings. The highest BCUT2D eigenvalue weighted by molar-refractivity contribution is 7.12. The maximum absolute atomic E-state index is 12.5. The van der Waals surface area contributed by atoms with Gasteiger partial charge in [0.2, 0.25) is 0 Å². The van der Waals surface area contributed by atoms with Crippen molar-refractivity contribution in [3.8, 4) is 0 Å². The van der Waals surface area contributed by atoms with E-state index in [-0.39, 0.29) is 29.7 Å². The molecule has 6 nitrogen and oxygen atoms in total. The third-order valence-corrected chi connectivity index (χ3v) is 5.63. The van der Waals surface area contributed by atoms with Crippen LogP contribution in [0.2, 0.25) is 5.02 Å². The molecule has 1 aromatic carbocycles. The van der Waals surface area contributed by atoms with Crippen molar-refractivity contribution in [2.45, 2.75) is 19.8 Å². The van der Waals surface area contributed by atoms with Crippen molar-refractivity contribution in [3.05, 3.63) is 51.2 Å². The Morgan fingerprint density at radius 1 is 1.32 bits per heavy atom. The van der Waals surface area contributed by atoms with Crippen LogP contribution < -0.4 is 5.32 Å². The average molecular weight is 421 g/mol. The molecule has 0 aliphatic carbocycles. The van der Waals surface area contributed by atoms with Crippen LogP contribution in [0, 0.1) is 5.92 Å². The molecule has 0 unspecified atom stereocenters. The second-order valence-electron chi connectivity index (χ2n) is 6.78. The fourth-order valence-electron chi connectivity index (χ4n) is 3.10. The Hall–Kier alpha value is -2.38. The number of hydrogen-bond donors (Lipinski definition) is 1. The number of likely N-dealkylation sites (tertiary alicyclic amines) is 1. The summed E-state index contributed by atoms with van der Waals surface area (Å²) in [6.07, 6.45) is 2.05. The lowest BCUT2D eigenvalue weighted by Gasteiger charge is -2.30. The molecule has 2 amide bonds. The van der Waals surface area contributed by atoms with Crippen LogP contribution in [0.15, 0.2) is 35.7 Å². The summed E-state index contributed by atoms with van der Waals surface area (Å²) in [5.74, 6) is -0.789. The summed E-state index contributed by atoms with van der Waals surface area (Å²) in [5, 5.41) is 4.84. The molecule has 0 spiro atoms. The molecule has 2 heterocycles. The maximum atomic E-state index is 12.5. The number of ether oxygens (including phenoxy) is 1. The summed E-state index contributed by atoms with van der Waals surface area (Å²) in [7, 11) is 0. The summed E-state index contributed by atoms with van der Waals surface area (Å²) < 4.78 is 5.21. The van der Waals surface area contributed by atoms with Crippen molar-refractivity contribution in [1.29, 1.82) is 0 Å². The smallest absolute Gasteiger partial charge is 0.340 e. The predicted molar refractivity (Wildman–Crippen MR) is 109 cm³/mol. The van der Waals surface area contributed by atoms with Gasteiger partial charge in [-0.25, -0.2) is 4.79 Å². The van der Waals surface area contributed by atoms with Gasteiger partial charge in [-0.1, -0.05) is 24.6 Å².